The number of aryl methyl sites for hydroxylation is 1. The molecule has 0 spiro atoms. The van der Waals surface area contributed by atoms with E-state index < -0.39 is 15.0 Å². The largest absolute Gasteiger partial charge is 0.478 e. The third-order valence-electron chi connectivity index (χ3n) is 1.63. The molecule has 0 atom stereocenters. The van der Waals surface area contributed by atoms with Crippen LogP contribution in [0.15, 0.2) is 23.1 Å². The van der Waals surface area contributed by atoms with Gasteiger partial charge in [-0.1, -0.05) is 11.6 Å². The summed E-state index contributed by atoms with van der Waals surface area (Å²) >= 11 is 0. The number of carboxylic acids is 1. The lowest BCUT2D eigenvalue weighted by molar-refractivity contribution is 0.0692. The second-order valence-corrected chi connectivity index (χ2v) is 5.28. The van der Waals surface area contributed by atoms with Crippen molar-refractivity contribution in [1.29, 1.82) is 0 Å². The van der Waals surface area contributed by atoms with E-state index >= 15 is 0 Å². The predicted octanol–water partition coefficient (Wildman–Crippen LogP) is 1.62. The van der Waals surface area contributed by atoms with Crippen LogP contribution in [-0.2, 0) is 9.05 Å². The highest BCUT2D eigenvalue weighted by Crippen LogP contribution is 2.21. The van der Waals surface area contributed by atoms with Crippen LogP contribution in [0.5, 0.6) is 0 Å². The second kappa shape index (κ2) is 3.59. The van der Waals surface area contributed by atoms with Crippen molar-refractivity contribution < 1.29 is 18.3 Å². The van der Waals surface area contributed by atoms with Crippen LogP contribution >= 0.6 is 10.7 Å². The van der Waals surface area contributed by atoms with Crippen molar-refractivity contribution in [3.63, 3.8) is 0 Å². The zero-order valence-corrected chi connectivity index (χ0v) is 8.76. The number of aromatic carboxylic acids is 1. The molecule has 14 heavy (non-hydrogen) atoms. The Morgan fingerprint density at radius 3 is 2.43 bits per heavy atom. The van der Waals surface area contributed by atoms with Crippen molar-refractivity contribution in [1.82, 2.24) is 0 Å². The van der Waals surface area contributed by atoms with Gasteiger partial charge < -0.3 is 5.11 Å². The number of benzene rings is 1. The third kappa shape index (κ3) is 2.24. The van der Waals surface area contributed by atoms with Gasteiger partial charge in [-0.25, -0.2) is 13.2 Å². The molecule has 0 bridgehead atoms. The fraction of sp³-hybridized carbons (Fsp3) is 0.125. The Morgan fingerprint density at radius 2 is 2.00 bits per heavy atom. The van der Waals surface area contributed by atoms with Gasteiger partial charge in [0.05, 0.1) is 10.5 Å². The summed E-state index contributed by atoms with van der Waals surface area (Å²) in [7, 11) is 1.07. The minimum absolute atomic E-state index is 0.306. The smallest absolute Gasteiger partial charge is 0.337 e. The fourth-order valence-electron chi connectivity index (χ4n) is 1.02. The Labute approximate surface area is 85.5 Å². The van der Waals surface area contributed by atoms with Gasteiger partial charge in [-0.3, -0.25) is 0 Å². The van der Waals surface area contributed by atoms with Crippen LogP contribution in [0.2, 0.25) is 0 Å². The van der Waals surface area contributed by atoms with Crippen LogP contribution in [0.1, 0.15) is 15.9 Å². The van der Waals surface area contributed by atoms with Crippen molar-refractivity contribution in [2.45, 2.75) is 11.8 Å². The highest BCUT2D eigenvalue weighted by Gasteiger charge is 2.19. The number of halogens is 1. The zero-order valence-electron chi connectivity index (χ0n) is 7.19. The Bertz CT molecular complexity index is 478. The average Bonchev–Trinajstić information content (AvgIpc) is 2.01. The van der Waals surface area contributed by atoms with Crippen LogP contribution in [0.25, 0.3) is 0 Å². The molecule has 6 heteroatoms. The molecule has 0 aliphatic heterocycles. The van der Waals surface area contributed by atoms with Crippen LogP contribution in [-0.4, -0.2) is 19.5 Å². The first-order chi connectivity index (χ1) is 6.32. The van der Waals surface area contributed by atoms with Gasteiger partial charge >= 0.3 is 5.97 Å². The molecule has 0 amide bonds. The zero-order chi connectivity index (χ0) is 10.9. The SMILES string of the molecule is Cc1ccc(S(=O)(=O)Cl)c(C(=O)O)c1. The summed E-state index contributed by atoms with van der Waals surface area (Å²) in [6, 6.07) is 3.93. The summed E-state index contributed by atoms with van der Waals surface area (Å²) in [5, 5.41) is 8.73. The summed E-state index contributed by atoms with van der Waals surface area (Å²) in [4.78, 5) is 10.3. The van der Waals surface area contributed by atoms with Gasteiger partial charge in [0.15, 0.2) is 0 Å². The molecule has 1 N–H and O–H groups in total. The van der Waals surface area contributed by atoms with E-state index in [9.17, 15) is 13.2 Å². The average molecular weight is 235 g/mol. The summed E-state index contributed by atoms with van der Waals surface area (Å²) in [6.07, 6.45) is 0. The Morgan fingerprint density at radius 1 is 1.43 bits per heavy atom. The molecule has 0 aromatic heterocycles. The summed E-state index contributed by atoms with van der Waals surface area (Å²) in [5.41, 5.74) is 0.353. The molecule has 76 valence electrons. The van der Waals surface area contributed by atoms with E-state index in [0.717, 1.165) is 0 Å². The molecule has 0 fully saturated rings. The van der Waals surface area contributed by atoms with Crippen molar-refractivity contribution in [2.75, 3.05) is 0 Å². The first kappa shape index (κ1) is 11.0. The predicted molar refractivity (Wildman–Crippen MR) is 51.2 cm³/mol. The topological polar surface area (TPSA) is 71.4 Å². The highest BCUT2D eigenvalue weighted by atomic mass is 35.7. The normalized spacial score (nSPS) is 11.3. The van der Waals surface area contributed by atoms with Gasteiger partial charge in [-0.15, -0.1) is 0 Å². The minimum Gasteiger partial charge on any atom is -0.478 e. The molecule has 0 aliphatic carbocycles. The van der Waals surface area contributed by atoms with Gasteiger partial charge in [-0.2, -0.15) is 0 Å². The van der Waals surface area contributed by atoms with Crippen LogP contribution < -0.4 is 0 Å². The van der Waals surface area contributed by atoms with E-state index in [-0.39, 0.29) is 10.5 Å². The molecular weight excluding hydrogens is 228 g/mol. The van der Waals surface area contributed by atoms with E-state index in [1.807, 2.05) is 0 Å². The molecule has 0 aliphatic rings. The Kier molecular flexibility index (Phi) is 2.82. The Balaban J connectivity index is 3.53. The Hall–Kier alpha value is -1.07. The molecule has 0 saturated carbocycles. The van der Waals surface area contributed by atoms with E-state index in [4.69, 9.17) is 15.8 Å². The molecule has 0 heterocycles. The van der Waals surface area contributed by atoms with Crippen LogP contribution in [0.4, 0.5) is 0 Å². The van der Waals surface area contributed by atoms with Crippen LogP contribution in [0, 0.1) is 6.92 Å². The fourth-order valence-corrected chi connectivity index (χ4v) is 2.07. The number of carbonyl (C=O) groups is 1. The lowest BCUT2D eigenvalue weighted by Gasteiger charge is -2.02. The van der Waals surface area contributed by atoms with Crippen molar-refractivity contribution >= 4 is 25.7 Å². The van der Waals surface area contributed by atoms with Gasteiger partial charge in [0.25, 0.3) is 9.05 Å². The number of hydrogen-bond donors (Lipinski definition) is 1. The van der Waals surface area contributed by atoms with E-state index in [1.54, 1.807) is 6.92 Å². The molecule has 0 unspecified atom stereocenters. The molecule has 4 nitrogen and oxygen atoms in total. The lowest BCUT2D eigenvalue weighted by atomic mass is 10.1. The van der Waals surface area contributed by atoms with Gasteiger partial charge in [0.1, 0.15) is 0 Å². The van der Waals surface area contributed by atoms with Gasteiger partial charge in [-0.05, 0) is 19.1 Å². The summed E-state index contributed by atoms with van der Waals surface area (Å²) in [5.74, 6) is -1.31. The van der Waals surface area contributed by atoms with E-state index in [2.05, 4.69) is 0 Å². The van der Waals surface area contributed by atoms with Crippen LogP contribution in [0.3, 0.4) is 0 Å². The molecule has 1 aromatic rings. The third-order valence-corrected chi connectivity index (χ3v) is 3.01. The maximum Gasteiger partial charge on any atom is 0.337 e. The van der Waals surface area contributed by atoms with Gasteiger partial charge in [0.2, 0.25) is 0 Å². The van der Waals surface area contributed by atoms with Crippen molar-refractivity contribution in [3.8, 4) is 0 Å². The molecule has 1 rings (SSSR count). The monoisotopic (exact) mass is 234 g/mol. The minimum atomic E-state index is -4.00. The first-order valence-corrected chi connectivity index (χ1v) is 5.92. The number of hydrogen-bond acceptors (Lipinski definition) is 3. The highest BCUT2D eigenvalue weighted by molar-refractivity contribution is 8.13. The number of rotatable bonds is 2. The summed E-state index contributed by atoms with van der Waals surface area (Å²) in [6.45, 7) is 1.66. The standard InChI is InChI=1S/C8H7ClO4S/c1-5-2-3-7(14(9,12)13)6(4-5)8(10)11/h2-4H,1H3,(H,10,11). The maximum absolute atomic E-state index is 11.0. The first-order valence-electron chi connectivity index (χ1n) is 3.61. The van der Waals surface area contributed by atoms with E-state index in [1.165, 1.54) is 18.2 Å². The molecular formula is C8H7ClO4S. The molecule has 0 radical (unpaired) electrons. The van der Waals surface area contributed by atoms with Crippen molar-refractivity contribution in [2.24, 2.45) is 0 Å². The lowest BCUT2D eigenvalue weighted by Crippen LogP contribution is -2.05. The molecule has 0 saturated heterocycles. The van der Waals surface area contributed by atoms with Crippen molar-refractivity contribution in [3.05, 3.63) is 29.3 Å². The second-order valence-electron chi connectivity index (χ2n) is 2.74. The molecule has 1 aromatic carbocycles. The quantitative estimate of drug-likeness (QED) is 0.790. The maximum atomic E-state index is 11.0. The van der Waals surface area contributed by atoms with Gasteiger partial charge in [0, 0.05) is 10.7 Å². The summed E-state index contributed by atoms with van der Waals surface area (Å²) < 4.78 is 21.9. The number of carboxylic acid groups (broad SMARTS) is 1. The van der Waals surface area contributed by atoms with E-state index in [0.29, 0.717) is 5.56 Å².